The van der Waals surface area contributed by atoms with E-state index >= 15 is 0 Å². The maximum absolute atomic E-state index is 13.2. The summed E-state index contributed by atoms with van der Waals surface area (Å²) in [7, 11) is -3.94. The van der Waals surface area contributed by atoms with E-state index in [1.54, 1.807) is 24.3 Å². The van der Waals surface area contributed by atoms with Gasteiger partial charge in [0.1, 0.15) is 12.3 Å². The first-order valence-corrected chi connectivity index (χ1v) is 11.1. The Labute approximate surface area is 176 Å². The van der Waals surface area contributed by atoms with Crippen molar-refractivity contribution in [3.8, 4) is 0 Å². The quantitative estimate of drug-likeness (QED) is 0.595. The van der Waals surface area contributed by atoms with Crippen LogP contribution in [0.1, 0.15) is 38.2 Å². The minimum Gasteiger partial charge on any atom is -0.292 e. The average molecular weight is 419 g/mol. The largest absolute Gasteiger partial charge is 0.292 e. The lowest BCUT2D eigenvalue weighted by atomic mass is 9.96. The molecule has 4 rings (SSSR count). The standard InChI is InChI=1S/C24H22N2O3S/c1-16-13-17(2)23(18(3)14-16)21(27)15-26-25-24(19-9-5-4-6-10-19)20-11-7-8-12-22(20)30(26,28)29/h4-14H,15H2,1-3H3. The molecule has 0 fully saturated rings. The summed E-state index contributed by atoms with van der Waals surface area (Å²) < 4.78 is 27.4. The van der Waals surface area contributed by atoms with Crippen molar-refractivity contribution < 1.29 is 13.2 Å². The molecule has 0 radical (unpaired) electrons. The van der Waals surface area contributed by atoms with Gasteiger partial charge in [0.25, 0.3) is 10.0 Å². The molecule has 1 heterocycles. The maximum atomic E-state index is 13.2. The van der Waals surface area contributed by atoms with Crippen molar-refractivity contribution in [3.05, 3.63) is 100 Å². The number of ketones is 1. The number of carbonyl (C=O) groups is 1. The van der Waals surface area contributed by atoms with Gasteiger partial charge in [-0.25, -0.2) is 0 Å². The Morgan fingerprint density at radius 1 is 0.900 bits per heavy atom. The molecular formula is C24H22N2O3S. The summed E-state index contributed by atoms with van der Waals surface area (Å²) in [6.45, 7) is 5.35. The zero-order valence-electron chi connectivity index (χ0n) is 17.1. The smallest absolute Gasteiger partial charge is 0.280 e. The van der Waals surface area contributed by atoms with E-state index in [1.165, 1.54) is 0 Å². The van der Waals surface area contributed by atoms with E-state index in [9.17, 15) is 13.2 Å². The summed E-state index contributed by atoms with van der Waals surface area (Å²) >= 11 is 0. The lowest BCUT2D eigenvalue weighted by Gasteiger charge is -2.27. The van der Waals surface area contributed by atoms with Crippen LogP contribution in [0, 0.1) is 20.8 Å². The molecule has 1 aliphatic rings. The second kappa shape index (κ2) is 7.54. The van der Waals surface area contributed by atoms with Gasteiger partial charge >= 0.3 is 0 Å². The van der Waals surface area contributed by atoms with Crippen LogP contribution >= 0.6 is 0 Å². The van der Waals surface area contributed by atoms with Crippen LogP contribution in [0.25, 0.3) is 0 Å². The minimum atomic E-state index is -3.94. The Hall–Kier alpha value is -3.25. The van der Waals surface area contributed by atoms with E-state index < -0.39 is 10.0 Å². The van der Waals surface area contributed by atoms with Gasteiger partial charge in [-0.05, 0) is 38.0 Å². The number of rotatable bonds is 4. The summed E-state index contributed by atoms with van der Waals surface area (Å²) in [4.78, 5) is 13.3. The summed E-state index contributed by atoms with van der Waals surface area (Å²) in [5.41, 5.74) is 5.14. The third-order valence-corrected chi connectivity index (χ3v) is 6.87. The number of benzene rings is 3. The van der Waals surface area contributed by atoms with E-state index in [0.29, 0.717) is 16.8 Å². The van der Waals surface area contributed by atoms with Gasteiger partial charge in [-0.2, -0.15) is 17.9 Å². The highest BCUT2D eigenvalue weighted by Gasteiger charge is 2.34. The van der Waals surface area contributed by atoms with E-state index in [4.69, 9.17) is 0 Å². The Kier molecular flexibility index (Phi) is 5.03. The molecular weight excluding hydrogens is 396 g/mol. The van der Waals surface area contributed by atoms with Gasteiger partial charge in [0.2, 0.25) is 0 Å². The second-order valence-electron chi connectivity index (χ2n) is 7.49. The van der Waals surface area contributed by atoms with Crippen LogP contribution in [-0.4, -0.2) is 30.9 Å². The molecule has 0 N–H and O–H groups in total. The molecule has 0 atom stereocenters. The molecule has 6 heteroatoms. The first-order chi connectivity index (χ1) is 14.3. The molecule has 152 valence electrons. The topological polar surface area (TPSA) is 66.8 Å². The molecule has 3 aromatic carbocycles. The zero-order chi connectivity index (χ0) is 21.5. The number of nitrogens with zero attached hydrogens (tertiary/aromatic N) is 2. The summed E-state index contributed by atoms with van der Waals surface area (Å²) in [6.07, 6.45) is 0. The number of carbonyl (C=O) groups excluding carboxylic acids is 1. The maximum Gasteiger partial charge on any atom is 0.280 e. The SMILES string of the molecule is Cc1cc(C)c(C(=O)CN2N=C(c3ccccc3)c3ccccc3S2(=O)=O)c(C)c1. The van der Waals surface area contributed by atoms with Gasteiger partial charge in [-0.1, -0.05) is 66.2 Å². The van der Waals surface area contributed by atoms with Gasteiger partial charge in [0.05, 0.1) is 4.90 Å². The van der Waals surface area contributed by atoms with Gasteiger partial charge in [-0.15, -0.1) is 0 Å². The van der Waals surface area contributed by atoms with Crippen molar-refractivity contribution >= 4 is 21.5 Å². The van der Waals surface area contributed by atoms with E-state index in [-0.39, 0.29) is 17.2 Å². The van der Waals surface area contributed by atoms with Crippen LogP contribution in [-0.2, 0) is 10.0 Å². The van der Waals surface area contributed by atoms with Crippen molar-refractivity contribution in [1.82, 2.24) is 4.41 Å². The van der Waals surface area contributed by atoms with Crippen LogP contribution in [0.2, 0.25) is 0 Å². The minimum absolute atomic E-state index is 0.156. The molecule has 30 heavy (non-hydrogen) atoms. The second-order valence-corrected chi connectivity index (χ2v) is 9.30. The number of hydrogen-bond acceptors (Lipinski definition) is 4. The molecule has 3 aromatic rings. The molecule has 0 bridgehead atoms. The number of hydrogen-bond donors (Lipinski definition) is 0. The fraction of sp³-hybridized carbons (Fsp3) is 0.167. The number of fused-ring (bicyclic) bond motifs is 1. The van der Waals surface area contributed by atoms with E-state index in [1.807, 2.05) is 63.2 Å². The molecule has 0 amide bonds. The highest BCUT2D eigenvalue weighted by molar-refractivity contribution is 7.89. The lowest BCUT2D eigenvalue weighted by molar-refractivity contribution is 0.0966. The van der Waals surface area contributed by atoms with E-state index in [2.05, 4.69) is 5.10 Å². The van der Waals surface area contributed by atoms with Gasteiger partial charge in [0.15, 0.2) is 5.78 Å². The molecule has 0 saturated carbocycles. The fourth-order valence-corrected chi connectivity index (χ4v) is 5.37. The van der Waals surface area contributed by atoms with Crippen molar-refractivity contribution in [3.63, 3.8) is 0 Å². The van der Waals surface area contributed by atoms with Crippen LogP contribution in [0.15, 0.2) is 76.7 Å². The zero-order valence-corrected chi connectivity index (χ0v) is 17.9. The van der Waals surface area contributed by atoms with Crippen molar-refractivity contribution in [2.75, 3.05) is 6.54 Å². The lowest BCUT2D eigenvalue weighted by Crippen LogP contribution is -2.37. The van der Waals surface area contributed by atoms with Gasteiger partial charge < -0.3 is 0 Å². The summed E-state index contributed by atoms with van der Waals surface area (Å²) in [6, 6.07) is 20.0. The number of Topliss-reactive ketones (excluding diaryl/α,β-unsaturated/α-hetero) is 1. The first kappa shape index (κ1) is 20.0. The van der Waals surface area contributed by atoms with Crippen molar-refractivity contribution in [2.45, 2.75) is 25.7 Å². The van der Waals surface area contributed by atoms with Gasteiger partial charge in [0, 0.05) is 16.7 Å². The predicted octanol–water partition coefficient (Wildman–Crippen LogP) is 4.25. The van der Waals surface area contributed by atoms with Crippen molar-refractivity contribution in [2.24, 2.45) is 5.10 Å². The van der Waals surface area contributed by atoms with Crippen LogP contribution in [0.4, 0.5) is 0 Å². The Bertz CT molecular complexity index is 1260. The van der Waals surface area contributed by atoms with Crippen molar-refractivity contribution in [1.29, 1.82) is 0 Å². The molecule has 0 aromatic heterocycles. The number of sulfonamides is 1. The average Bonchev–Trinajstić information content (AvgIpc) is 2.70. The third kappa shape index (κ3) is 3.44. The molecule has 0 saturated heterocycles. The van der Waals surface area contributed by atoms with Gasteiger partial charge in [-0.3, -0.25) is 4.79 Å². The van der Waals surface area contributed by atoms with Crippen LogP contribution in [0.5, 0.6) is 0 Å². The molecule has 1 aliphatic heterocycles. The monoisotopic (exact) mass is 418 g/mol. The first-order valence-electron chi connectivity index (χ1n) is 9.66. The fourth-order valence-electron chi connectivity index (χ4n) is 3.97. The van der Waals surface area contributed by atoms with Crippen LogP contribution < -0.4 is 0 Å². The summed E-state index contributed by atoms with van der Waals surface area (Å²) in [5.74, 6) is -0.274. The Balaban J connectivity index is 1.81. The number of hydrazone groups is 1. The highest BCUT2D eigenvalue weighted by Crippen LogP contribution is 2.29. The Morgan fingerprint density at radius 3 is 2.17 bits per heavy atom. The third-order valence-electron chi connectivity index (χ3n) is 5.19. The molecule has 0 spiro atoms. The number of aryl methyl sites for hydroxylation is 3. The van der Waals surface area contributed by atoms with E-state index in [0.717, 1.165) is 26.7 Å². The molecule has 5 nitrogen and oxygen atoms in total. The Morgan fingerprint density at radius 2 is 1.50 bits per heavy atom. The highest BCUT2D eigenvalue weighted by atomic mass is 32.2. The summed E-state index contributed by atoms with van der Waals surface area (Å²) in [5, 5.41) is 4.43. The molecule has 0 unspecified atom stereocenters. The normalized spacial score (nSPS) is 14.8. The van der Waals surface area contributed by atoms with Crippen LogP contribution in [0.3, 0.4) is 0 Å². The predicted molar refractivity (Wildman–Crippen MR) is 117 cm³/mol. The molecule has 0 aliphatic carbocycles.